The fourth-order valence-electron chi connectivity index (χ4n) is 3.26. The number of benzene rings is 1. The Bertz CT molecular complexity index is 1100. The number of alkyl halides is 3. The van der Waals surface area contributed by atoms with Crippen molar-refractivity contribution in [3.8, 4) is 0 Å². The van der Waals surface area contributed by atoms with Gasteiger partial charge in [-0.1, -0.05) is 41.4 Å². The van der Waals surface area contributed by atoms with Gasteiger partial charge in [0.2, 0.25) is 5.95 Å². The standard InChI is InChI=1S/C20H20ClF3N6O/c1-11-3-5-13(6-4-11)9-29-10-25-19(28-29)26-18(31)12(2)30-16(14-7-8-14)15(21)17(27-30)20(22,23)24/h3-6,10,12,14H,7-9H2,1-2H3,(H,26,28,31). The summed E-state index contributed by atoms with van der Waals surface area (Å²) in [5.74, 6) is -0.646. The molecule has 0 aliphatic heterocycles. The third-order valence-corrected chi connectivity index (χ3v) is 5.48. The van der Waals surface area contributed by atoms with E-state index in [4.69, 9.17) is 11.6 Å². The zero-order chi connectivity index (χ0) is 22.3. The third kappa shape index (κ3) is 4.58. The van der Waals surface area contributed by atoms with Crippen molar-refractivity contribution >= 4 is 23.5 Å². The lowest BCUT2D eigenvalue weighted by atomic mass is 10.1. The molecule has 7 nitrogen and oxygen atoms in total. The Balaban J connectivity index is 1.49. The molecule has 31 heavy (non-hydrogen) atoms. The number of carbonyl (C=O) groups excluding carboxylic acids is 1. The summed E-state index contributed by atoms with van der Waals surface area (Å²) < 4.78 is 42.4. The monoisotopic (exact) mass is 452 g/mol. The topological polar surface area (TPSA) is 77.6 Å². The number of anilines is 1. The molecule has 1 saturated carbocycles. The number of carbonyl (C=O) groups is 1. The van der Waals surface area contributed by atoms with Gasteiger partial charge in [-0.3, -0.25) is 14.8 Å². The van der Waals surface area contributed by atoms with Crippen molar-refractivity contribution in [3.63, 3.8) is 0 Å². The molecule has 3 aromatic rings. The fourth-order valence-corrected chi connectivity index (χ4v) is 3.65. The maximum atomic E-state index is 13.3. The Morgan fingerprint density at radius 1 is 1.26 bits per heavy atom. The van der Waals surface area contributed by atoms with Gasteiger partial charge in [-0.25, -0.2) is 9.67 Å². The predicted octanol–water partition coefficient (Wildman–Crippen LogP) is 4.58. The highest BCUT2D eigenvalue weighted by Gasteiger charge is 2.43. The third-order valence-electron chi connectivity index (χ3n) is 5.10. The summed E-state index contributed by atoms with van der Waals surface area (Å²) in [4.78, 5) is 16.8. The van der Waals surface area contributed by atoms with Crippen LogP contribution in [0.15, 0.2) is 30.6 Å². The number of halogens is 4. The highest BCUT2D eigenvalue weighted by molar-refractivity contribution is 6.32. The number of hydrogen-bond acceptors (Lipinski definition) is 4. The van der Waals surface area contributed by atoms with E-state index >= 15 is 0 Å². The van der Waals surface area contributed by atoms with E-state index < -0.39 is 28.8 Å². The molecule has 1 atom stereocenters. The zero-order valence-electron chi connectivity index (χ0n) is 16.8. The molecule has 4 rings (SSSR count). The molecule has 1 fully saturated rings. The van der Waals surface area contributed by atoms with Crippen molar-refractivity contribution in [2.24, 2.45) is 0 Å². The summed E-state index contributed by atoms with van der Waals surface area (Å²) >= 11 is 5.99. The van der Waals surface area contributed by atoms with Crippen LogP contribution in [0.4, 0.5) is 19.1 Å². The lowest BCUT2D eigenvalue weighted by Gasteiger charge is -2.14. The molecule has 1 amide bonds. The zero-order valence-corrected chi connectivity index (χ0v) is 17.6. The summed E-state index contributed by atoms with van der Waals surface area (Å²) in [6, 6.07) is 6.89. The van der Waals surface area contributed by atoms with Crippen molar-refractivity contribution in [1.29, 1.82) is 0 Å². The van der Waals surface area contributed by atoms with Crippen molar-refractivity contribution in [2.45, 2.75) is 51.4 Å². The van der Waals surface area contributed by atoms with Crippen LogP contribution in [0.3, 0.4) is 0 Å². The van der Waals surface area contributed by atoms with Gasteiger partial charge < -0.3 is 0 Å². The highest BCUT2D eigenvalue weighted by Crippen LogP contribution is 2.47. The van der Waals surface area contributed by atoms with Crippen LogP contribution in [0.25, 0.3) is 0 Å². The van der Waals surface area contributed by atoms with Gasteiger partial charge in [0.1, 0.15) is 12.4 Å². The van der Waals surface area contributed by atoms with Gasteiger partial charge in [0.15, 0.2) is 5.69 Å². The molecule has 0 radical (unpaired) electrons. The molecule has 0 spiro atoms. The number of aryl methyl sites for hydroxylation is 1. The number of rotatable bonds is 6. The minimum absolute atomic E-state index is 0.0613. The first kappa shape index (κ1) is 21.4. The summed E-state index contributed by atoms with van der Waals surface area (Å²) in [5, 5.41) is 9.95. The van der Waals surface area contributed by atoms with E-state index in [0.29, 0.717) is 19.4 Å². The second-order valence-corrected chi connectivity index (χ2v) is 8.06. The van der Waals surface area contributed by atoms with Crippen molar-refractivity contribution in [1.82, 2.24) is 24.5 Å². The fraction of sp³-hybridized carbons (Fsp3) is 0.400. The van der Waals surface area contributed by atoms with Gasteiger partial charge in [0.05, 0.1) is 17.3 Å². The average molecular weight is 453 g/mol. The van der Waals surface area contributed by atoms with E-state index in [1.807, 2.05) is 31.2 Å². The van der Waals surface area contributed by atoms with Crippen LogP contribution in [-0.4, -0.2) is 30.5 Å². The van der Waals surface area contributed by atoms with E-state index in [-0.39, 0.29) is 17.6 Å². The molecule has 0 bridgehead atoms. The van der Waals surface area contributed by atoms with Crippen molar-refractivity contribution in [2.75, 3.05) is 5.32 Å². The Labute approximate surface area is 181 Å². The van der Waals surface area contributed by atoms with E-state index in [1.54, 1.807) is 4.68 Å². The molecule has 11 heteroatoms. The predicted molar refractivity (Wildman–Crippen MR) is 108 cm³/mol. The highest BCUT2D eigenvalue weighted by atomic mass is 35.5. The van der Waals surface area contributed by atoms with Crippen LogP contribution < -0.4 is 5.32 Å². The summed E-state index contributed by atoms with van der Waals surface area (Å²) in [7, 11) is 0. The second kappa shape index (κ2) is 7.99. The lowest BCUT2D eigenvalue weighted by molar-refractivity contribution is -0.141. The number of amides is 1. The minimum Gasteiger partial charge on any atom is -0.291 e. The SMILES string of the molecule is Cc1ccc(Cn2cnc(NC(=O)C(C)n3nc(C(F)(F)F)c(Cl)c3C3CC3)n2)cc1. The number of nitrogens with one attached hydrogen (secondary N) is 1. The van der Waals surface area contributed by atoms with Gasteiger partial charge in [-0.2, -0.15) is 18.3 Å². The first-order valence-electron chi connectivity index (χ1n) is 9.74. The number of hydrogen-bond donors (Lipinski definition) is 1. The van der Waals surface area contributed by atoms with Crippen LogP contribution in [0.1, 0.15) is 54.2 Å². The van der Waals surface area contributed by atoms with E-state index in [1.165, 1.54) is 13.3 Å². The molecule has 1 unspecified atom stereocenters. The van der Waals surface area contributed by atoms with Gasteiger partial charge in [0.25, 0.3) is 5.91 Å². The smallest absolute Gasteiger partial charge is 0.291 e. The molecule has 1 aliphatic rings. The minimum atomic E-state index is -4.70. The average Bonchev–Trinajstić information content (AvgIpc) is 3.34. The Morgan fingerprint density at radius 3 is 2.55 bits per heavy atom. The Morgan fingerprint density at radius 2 is 1.94 bits per heavy atom. The molecule has 2 aromatic heterocycles. The lowest BCUT2D eigenvalue weighted by Crippen LogP contribution is -2.26. The molecule has 2 heterocycles. The largest absolute Gasteiger partial charge is 0.436 e. The van der Waals surface area contributed by atoms with E-state index in [9.17, 15) is 18.0 Å². The van der Waals surface area contributed by atoms with Gasteiger partial charge in [-0.05, 0) is 32.3 Å². The Hall–Kier alpha value is -2.88. The van der Waals surface area contributed by atoms with Gasteiger partial charge >= 0.3 is 6.18 Å². The molecular formula is C20H20ClF3N6O. The van der Waals surface area contributed by atoms with Crippen LogP contribution in [0.2, 0.25) is 5.02 Å². The van der Waals surface area contributed by atoms with Crippen LogP contribution in [0, 0.1) is 6.92 Å². The Kier molecular flexibility index (Phi) is 5.50. The van der Waals surface area contributed by atoms with Crippen LogP contribution in [0.5, 0.6) is 0 Å². The van der Waals surface area contributed by atoms with Crippen molar-refractivity contribution in [3.05, 3.63) is 58.1 Å². The molecule has 1 N–H and O–H groups in total. The van der Waals surface area contributed by atoms with Crippen LogP contribution in [-0.2, 0) is 17.5 Å². The summed E-state index contributed by atoms with van der Waals surface area (Å²) in [6.45, 7) is 3.93. The van der Waals surface area contributed by atoms with Gasteiger partial charge in [-0.15, -0.1) is 5.10 Å². The molecular weight excluding hydrogens is 433 g/mol. The van der Waals surface area contributed by atoms with E-state index in [2.05, 4.69) is 20.5 Å². The molecule has 164 valence electrons. The quantitative estimate of drug-likeness (QED) is 0.593. The maximum absolute atomic E-state index is 13.3. The maximum Gasteiger partial charge on any atom is 0.436 e. The first-order chi connectivity index (χ1) is 14.6. The van der Waals surface area contributed by atoms with E-state index in [0.717, 1.165) is 15.8 Å². The summed E-state index contributed by atoms with van der Waals surface area (Å²) in [5.41, 5.74) is 1.23. The first-order valence-corrected chi connectivity index (χ1v) is 10.1. The summed E-state index contributed by atoms with van der Waals surface area (Å²) in [6.07, 6.45) is -1.80. The molecule has 1 aromatic carbocycles. The number of nitrogens with zero attached hydrogens (tertiary/aromatic N) is 5. The molecule has 0 saturated heterocycles. The molecule has 1 aliphatic carbocycles. The van der Waals surface area contributed by atoms with Gasteiger partial charge in [0, 0.05) is 5.92 Å². The van der Waals surface area contributed by atoms with Crippen LogP contribution >= 0.6 is 11.6 Å². The number of aromatic nitrogens is 5. The normalized spacial score (nSPS) is 15.2. The van der Waals surface area contributed by atoms with Crippen molar-refractivity contribution < 1.29 is 18.0 Å². The second-order valence-electron chi connectivity index (χ2n) is 7.68.